The summed E-state index contributed by atoms with van der Waals surface area (Å²) in [5.41, 5.74) is 0.953. The van der Waals surface area contributed by atoms with Crippen molar-refractivity contribution in [2.75, 3.05) is 5.32 Å². The standard InChI is InChI=1S/C19H16ClFN2O3/c20-16-10-14(7-8-17(16)21)22-19(25)23(12-15-5-3-9-26-15)11-13-4-1-2-6-18(13)24/h1-10,24H,11-12H2,(H,22,25). The zero-order chi connectivity index (χ0) is 18.5. The lowest BCUT2D eigenvalue weighted by Crippen LogP contribution is -2.34. The summed E-state index contributed by atoms with van der Waals surface area (Å²) < 4.78 is 18.6. The molecule has 2 amide bonds. The Morgan fingerprint density at radius 1 is 1.15 bits per heavy atom. The molecule has 0 saturated heterocycles. The van der Waals surface area contributed by atoms with E-state index in [0.717, 1.165) is 0 Å². The Hall–Kier alpha value is -2.99. The number of carbonyl (C=O) groups excluding carboxylic acids is 1. The molecule has 0 aliphatic carbocycles. The molecule has 1 aromatic heterocycles. The van der Waals surface area contributed by atoms with Gasteiger partial charge in [-0.1, -0.05) is 29.8 Å². The Labute approximate surface area is 154 Å². The Bertz CT molecular complexity index is 900. The van der Waals surface area contributed by atoms with Gasteiger partial charge in [-0.3, -0.25) is 0 Å². The summed E-state index contributed by atoms with van der Waals surface area (Å²) in [7, 11) is 0. The fraction of sp³-hybridized carbons (Fsp3) is 0.105. The Morgan fingerprint density at radius 2 is 1.96 bits per heavy atom. The minimum absolute atomic E-state index is 0.0823. The maximum absolute atomic E-state index is 13.3. The zero-order valence-electron chi connectivity index (χ0n) is 13.7. The van der Waals surface area contributed by atoms with Crippen molar-refractivity contribution in [2.45, 2.75) is 13.1 Å². The molecule has 0 bridgehead atoms. The number of carbonyl (C=O) groups is 1. The van der Waals surface area contributed by atoms with Crippen LogP contribution in [0.2, 0.25) is 5.02 Å². The van der Waals surface area contributed by atoms with Crippen molar-refractivity contribution in [1.29, 1.82) is 0 Å². The van der Waals surface area contributed by atoms with Gasteiger partial charge in [0, 0.05) is 11.3 Å². The zero-order valence-corrected chi connectivity index (χ0v) is 14.4. The highest BCUT2D eigenvalue weighted by Crippen LogP contribution is 2.22. The maximum atomic E-state index is 13.3. The highest BCUT2D eigenvalue weighted by Gasteiger charge is 2.18. The van der Waals surface area contributed by atoms with Crippen LogP contribution in [0.15, 0.2) is 65.3 Å². The van der Waals surface area contributed by atoms with Crippen molar-refractivity contribution in [3.8, 4) is 5.75 Å². The monoisotopic (exact) mass is 374 g/mol. The molecule has 0 unspecified atom stereocenters. The van der Waals surface area contributed by atoms with E-state index in [-0.39, 0.29) is 23.9 Å². The van der Waals surface area contributed by atoms with Gasteiger partial charge in [0.1, 0.15) is 17.3 Å². The van der Waals surface area contributed by atoms with E-state index in [1.54, 1.807) is 36.4 Å². The van der Waals surface area contributed by atoms with Crippen LogP contribution in [0, 0.1) is 5.82 Å². The fourth-order valence-corrected chi connectivity index (χ4v) is 2.60. The number of benzene rings is 2. The van der Waals surface area contributed by atoms with Gasteiger partial charge in [-0.15, -0.1) is 0 Å². The van der Waals surface area contributed by atoms with E-state index >= 15 is 0 Å². The number of halogens is 2. The number of anilines is 1. The number of nitrogens with zero attached hydrogens (tertiary/aromatic N) is 1. The molecule has 5 nitrogen and oxygen atoms in total. The third kappa shape index (κ3) is 4.34. The number of phenols is 1. The van der Waals surface area contributed by atoms with Gasteiger partial charge in [0.2, 0.25) is 0 Å². The number of rotatable bonds is 5. The molecule has 0 saturated carbocycles. The van der Waals surface area contributed by atoms with E-state index in [2.05, 4.69) is 5.32 Å². The Morgan fingerprint density at radius 3 is 2.65 bits per heavy atom. The average molecular weight is 375 g/mol. The fourth-order valence-electron chi connectivity index (χ4n) is 2.42. The van der Waals surface area contributed by atoms with Gasteiger partial charge < -0.3 is 19.7 Å². The van der Waals surface area contributed by atoms with Crippen LogP contribution in [0.25, 0.3) is 0 Å². The van der Waals surface area contributed by atoms with Gasteiger partial charge in [0.05, 0.1) is 24.4 Å². The molecule has 2 N–H and O–H groups in total. The van der Waals surface area contributed by atoms with Gasteiger partial charge in [-0.05, 0) is 36.4 Å². The summed E-state index contributed by atoms with van der Waals surface area (Å²) in [6.07, 6.45) is 1.52. The summed E-state index contributed by atoms with van der Waals surface area (Å²) in [4.78, 5) is 14.2. The minimum atomic E-state index is -0.564. The summed E-state index contributed by atoms with van der Waals surface area (Å²) in [5.74, 6) is 0.119. The lowest BCUT2D eigenvalue weighted by molar-refractivity contribution is 0.200. The Kier molecular flexibility index (Phi) is 5.43. The molecule has 7 heteroatoms. The van der Waals surface area contributed by atoms with Gasteiger partial charge in [-0.2, -0.15) is 0 Å². The molecule has 0 aliphatic heterocycles. The van der Waals surface area contributed by atoms with Crippen LogP contribution < -0.4 is 5.32 Å². The van der Waals surface area contributed by atoms with Crippen LogP contribution in [-0.2, 0) is 13.1 Å². The smallest absolute Gasteiger partial charge is 0.322 e. The number of para-hydroxylation sites is 1. The summed E-state index contributed by atoms with van der Waals surface area (Å²) in [6, 6.07) is 13.7. The van der Waals surface area contributed by atoms with Crippen LogP contribution in [-0.4, -0.2) is 16.0 Å². The number of furan rings is 1. The lowest BCUT2D eigenvalue weighted by atomic mass is 10.2. The predicted octanol–water partition coefficient (Wildman–Crippen LogP) is 5.01. The molecular weight excluding hydrogens is 359 g/mol. The van der Waals surface area contributed by atoms with Crippen molar-refractivity contribution in [3.05, 3.63) is 83.0 Å². The van der Waals surface area contributed by atoms with Crippen LogP contribution in [0.5, 0.6) is 5.75 Å². The number of urea groups is 1. The van der Waals surface area contributed by atoms with Crippen LogP contribution in [0.1, 0.15) is 11.3 Å². The molecule has 0 fully saturated rings. The minimum Gasteiger partial charge on any atom is -0.508 e. The normalized spacial score (nSPS) is 10.5. The third-order valence-corrected chi connectivity index (χ3v) is 4.03. The molecule has 0 radical (unpaired) electrons. The molecule has 134 valence electrons. The first-order chi connectivity index (χ1) is 12.5. The molecule has 0 atom stereocenters. The van der Waals surface area contributed by atoms with Crippen molar-refractivity contribution in [3.63, 3.8) is 0 Å². The SMILES string of the molecule is O=C(Nc1ccc(F)c(Cl)c1)N(Cc1ccco1)Cc1ccccc1O. The number of aromatic hydroxyl groups is 1. The number of nitrogens with one attached hydrogen (secondary N) is 1. The molecule has 26 heavy (non-hydrogen) atoms. The number of hydrogen-bond acceptors (Lipinski definition) is 3. The lowest BCUT2D eigenvalue weighted by Gasteiger charge is -2.23. The third-order valence-electron chi connectivity index (χ3n) is 3.74. The number of amides is 2. The molecule has 3 rings (SSSR count). The van der Waals surface area contributed by atoms with Gasteiger partial charge >= 0.3 is 6.03 Å². The van der Waals surface area contributed by atoms with Crippen LogP contribution in [0.3, 0.4) is 0 Å². The van der Waals surface area contributed by atoms with Crippen LogP contribution in [0.4, 0.5) is 14.9 Å². The molecule has 0 aliphatic rings. The van der Waals surface area contributed by atoms with Crippen molar-refractivity contribution >= 4 is 23.3 Å². The van der Waals surface area contributed by atoms with E-state index in [0.29, 0.717) is 17.0 Å². The van der Waals surface area contributed by atoms with Crippen molar-refractivity contribution < 1.29 is 18.7 Å². The largest absolute Gasteiger partial charge is 0.508 e. The first-order valence-corrected chi connectivity index (χ1v) is 8.21. The molecular formula is C19H16ClFN2O3. The quantitative estimate of drug-likeness (QED) is 0.659. The van der Waals surface area contributed by atoms with Crippen molar-refractivity contribution in [1.82, 2.24) is 4.90 Å². The highest BCUT2D eigenvalue weighted by molar-refractivity contribution is 6.31. The average Bonchev–Trinajstić information content (AvgIpc) is 3.12. The van der Waals surface area contributed by atoms with Gasteiger partial charge in [0.15, 0.2) is 0 Å². The second-order valence-corrected chi connectivity index (χ2v) is 6.03. The van der Waals surface area contributed by atoms with E-state index in [9.17, 15) is 14.3 Å². The first-order valence-electron chi connectivity index (χ1n) is 7.83. The molecule has 3 aromatic rings. The van der Waals surface area contributed by atoms with Crippen LogP contribution >= 0.6 is 11.6 Å². The first kappa shape index (κ1) is 17.8. The van der Waals surface area contributed by atoms with E-state index in [1.165, 1.54) is 29.4 Å². The topological polar surface area (TPSA) is 65.7 Å². The summed E-state index contributed by atoms with van der Waals surface area (Å²) in [5, 5.41) is 12.6. The number of hydrogen-bond donors (Lipinski definition) is 2. The second kappa shape index (κ2) is 7.93. The molecule has 1 heterocycles. The van der Waals surface area contributed by atoms with E-state index < -0.39 is 11.8 Å². The van der Waals surface area contributed by atoms with Gasteiger partial charge in [-0.25, -0.2) is 9.18 Å². The summed E-state index contributed by atoms with van der Waals surface area (Å²) >= 11 is 5.75. The van der Waals surface area contributed by atoms with E-state index in [4.69, 9.17) is 16.0 Å². The van der Waals surface area contributed by atoms with E-state index in [1.807, 2.05) is 0 Å². The summed E-state index contributed by atoms with van der Waals surface area (Å²) in [6.45, 7) is 0.357. The molecule has 0 spiro atoms. The predicted molar refractivity (Wildman–Crippen MR) is 96.5 cm³/mol. The van der Waals surface area contributed by atoms with Crippen molar-refractivity contribution in [2.24, 2.45) is 0 Å². The highest BCUT2D eigenvalue weighted by atomic mass is 35.5. The number of phenolic OH excluding ortho intramolecular Hbond substituents is 1. The van der Waals surface area contributed by atoms with Gasteiger partial charge in [0.25, 0.3) is 0 Å². The molecule has 2 aromatic carbocycles. The maximum Gasteiger partial charge on any atom is 0.322 e. The second-order valence-electron chi connectivity index (χ2n) is 5.62. The Balaban J connectivity index is 1.80.